The van der Waals surface area contributed by atoms with E-state index in [1.807, 2.05) is 25.4 Å². The van der Waals surface area contributed by atoms with Crippen molar-refractivity contribution in [3.05, 3.63) is 48.0 Å². The number of carbonyl (C=O) groups is 1. The number of aromatic nitrogens is 2. The Hall–Kier alpha value is -2.21. The van der Waals surface area contributed by atoms with Crippen LogP contribution in [-0.4, -0.2) is 39.3 Å². The van der Waals surface area contributed by atoms with Crippen molar-refractivity contribution in [2.75, 3.05) is 6.61 Å². The van der Waals surface area contributed by atoms with Gasteiger partial charge in [0.2, 0.25) is 0 Å². The number of hydrogen-bond donors (Lipinski definition) is 0. The van der Waals surface area contributed by atoms with E-state index in [4.69, 9.17) is 4.74 Å². The fraction of sp³-hybridized carbons (Fsp3) is 0.524. The quantitative estimate of drug-likeness (QED) is 0.727. The largest absolute Gasteiger partial charge is 0.466 e. The van der Waals surface area contributed by atoms with Crippen molar-refractivity contribution < 1.29 is 13.9 Å². The van der Waals surface area contributed by atoms with Gasteiger partial charge in [0.05, 0.1) is 23.9 Å². The summed E-state index contributed by atoms with van der Waals surface area (Å²) in [5.41, 5.74) is 1.41. The van der Waals surface area contributed by atoms with Gasteiger partial charge in [-0.3, -0.25) is 9.69 Å². The maximum atomic E-state index is 13.5. The molecule has 2 saturated heterocycles. The number of carbonyl (C=O) groups excluding carboxylic acids is 1. The van der Waals surface area contributed by atoms with Crippen LogP contribution >= 0.6 is 0 Å². The van der Waals surface area contributed by atoms with Crippen molar-refractivity contribution in [1.82, 2.24) is 14.7 Å². The molecule has 0 saturated carbocycles. The molecule has 0 unspecified atom stereocenters. The number of hydrogen-bond acceptors (Lipinski definition) is 4. The third kappa shape index (κ3) is 3.06. The molecule has 144 valence electrons. The predicted molar refractivity (Wildman–Crippen MR) is 99.8 cm³/mol. The lowest BCUT2D eigenvalue weighted by Crippen LogP contribution is -2.43. The van der Waals surface area contributed by atoms with Crippen molar-refractivity contribution in [2.45, 2.75) is 58.2 Å². The topological polar surface area (TPSA) is 47.4 Å². The van der Waals surface area contributed by atoms with E-state index in [1.165, 1.54) is 12.1 Å². The zero-order valence-corrected chi connectivity index (χ0v) is 15.9. The second kappa shape index (κ2) is 7.08. The third-order valence-corrected chi connectivity index (χ3v) is 6.27. The normalized spacial score (nSPS) is 27.2. The summed E-state index contributed by atoms with van der Waals surface area (Å²) in [6.45, 7) is 5.15. The summed E-state index contributed by atoms with van der Waals surface area (Å²) in [5.74, 6) is -0.315. The zero-order chi connectivity index (χ0) is 19.0. The summed E-state index contributed by atoms with van der Waals surface area (Å²) in [5, 5.41) is 4.39. The molecule has 2 bridgehead atoms. The molecule has 2 fully saturated rings. The minimum atomic E-state index is -0.378. The molecule has 2 aliphatic rings. The van der Waals surface area contributed by atoms with Crippen LogP contribution in [0.25, 0.3) is 5.69 Å². The van der Waals surface area contributed by atoms with E-state index < -0.39 is 0 Å². The Morgan fingerprint density at radius 3 is 2.96 bits per heavy atom. The predicted octanol–water partition coefficient (Wildman–Crippen LogP) is 3.71. The third-order valence-electron chi connectivity index (χ3n) is 6.27. The van der Waals surface area contributed by atoms with Crippen LogP contribution in [0.2, 0.25) is 0 Å². The summed E-state index contributed by atoms with van der Waals surface area (Å²) in [6, 6.07) is 7.06. The molecule has 4 rings (SSSR count). The van der Waals surface area contributed by atoms with Crippen molar-refractivity contribution in [2.24, 2.45) is 5.41 Å². The average Bonchev–Trinajstić information content (AvgIpc) is 3.37. The monoisotopic (exact) mass is 371 g/mol. The standard InChI is InChI=1S/C21H26FN3O2/c1-3-21(20(26)27-4-2)11-18-8-9-19(21)24(18)13-15-12-23-25(14-15)17-7-5-6-16(22)10-17/h5-7,10,12,14,18-19H,3-4,8-9,11,13H2,1-2H3/t18-,19+,21+/m0/s1. The van der Waals surface area contributed by atoms with Crippen molar-refractivity contribution in [3.8, 4) is 5.69 Å². The molecular formula is C21H26FN3O2. The van der Waals surface area contributed by atoms with Crippen LogP contribution in [0.3, 0.4) is 0 Å². The molecule has 0 spiro atoms. The Morgan fingerprint density at radius 1 is 1.37 bits per heavy atom. The molecule has 3 atom stereocenters. The van der Waals surface area contributed by atoms with Crippen molar-refractivity contribution in [1.29, 1.82) is 0 Å². The highest BCUT2D eigenvalue weighted by atomic mass is 19.1. The van der Waals surface area contributed by atoms with Gasteiger partial charge in [0.15, 0.2) is 0 Å². The van der Waals surface area contributed by atoms with E-state index in [-0.39, 0.29) is 23.2 Å². The van der Waals surface area contributed by atoms with E-state index in [1.54, 1.807) is 10.7 Å². The minimum Gasteiger partial charge on any atom is -0.466 e. The van der Waals surface area contributed by atoms with Gasteiger partial charge in [-0.2, -0.15) is 5.10 Å². The van der Waals surface area contributed by atoms with E-state index in [9.17, 15) is 9.18 Å². The highest BCUT2D eigenvalue weighted by molar-refractivity contribution is 5.78. The SMILES string of the molecule is CCOC(=O)[C@]1(CC)C[C@@H]2CC[C@H]1N2Cc1cnn(-c2cccc(F)c2)c1. The Kier molecular flexibility index (Phi) is 4.76. The summed E-state index contributed by atoms with van der Waals surface area (Å²) >= 11 is 0. The molecule has 27 heavy (non-hydrogen) atoms. The smallest absolute Gasteiger partial charge is 0.313 e. The van der Waals surface area contributed by atoms with Crippen LogP contribution in [0.15, 0.2) is 36.7 Å². The van der Waals surface area contributed by atoms with Gasteiger partial charge in [-0.05, 0) is 50.8 Å². The molecule has 3 heterocycles. The number of ether oxygens (including phenoxy) is 1. The maximum absolute atomic E-state index is 13.5. The molecule has 5 nitrogen and oxygen atoms in total. The van der Waals surface area contributed by atoms with Gasteiger partial charge < -0.3 is 4.74 Å². The first-order valence-corrected chi connectivity index (χ1v) is 9.80. The number of esters is 1. The lowest BCUT2D eigenvalue weighted by atomic mass is 9.72. The Balaban J connectivity index is 1.53. The van der Waals surface area contributed by atoms with Gasteiger partial charge in [-0.25, -0.2) is 9.07 Å². The van der Waals surface area contributed by atoms with Gasteiger partial charge in [0.1, 0.15) is 5.82 Å². The summed E-state index contributed by atoms with van der Waals surface area (Å²) in [6.07, 6.45) is 7.64. The van der Waals surface area contributed by atoms with Crippen molar-refractivity contribution in [3.63, 3.8) is 0 Å². The number of benzene rings is 1. The van der Waals surface area contributed by atoms with Gasteiger partial charge in [0.25, 0.3) is 0 Å². The molecule has 0 aliphatic carbocycles. The maximum Gasteiger partial charge on any atom is 0.313 e. The molecule has 6 heteroatoms. The van der Waals surface area contributed by atoms with Crippen LogP contribution in [0.1, 0.15) is 45.1 Å². The Bertz CT molecular complexity index is 836. The van der Waals surface area contributed by atoms with E-state index in [2.05, 4.69) is 16.9 Å². The fourth-order valence-corrected chi connectivity index (χ4v) is 4.98. The van der Waals surface area contributed by atoms with Crippen LogP contribution < -0.4 is 0 Å². The number of fused-ring (bicyclic) bond motifs is 2. The van der Waals surface area contributed by atoms with Gasteiger partial charge in [-0.15, -0.1) is 0 Å². The van der Waals surface area contributed by atoms with E-state index in [0.29, 0.717) is 18.3 Å². The van der Waals surface area contributed by atoms with E-state index >= 15 is 0 Å². The summed E-state index contributed by atoms with van der Waals surface area (Å²) in [7, 11) is 0. The first-order valence-electron chi connectivity index (χ1n) is 9.80. The number of halogens is 1. The molecule has 0 radical (unpaired) electrons. The van der Waals surface area contributed by atoms with Crippen LogP contribution in [0, 0.1) is 11.2 Å². The van der Waals surface area contributed by atoms with Gasteiger partial charge >= 0.3 is 5.97 Å². The highest BCUT2D eigenvalue weighted by Gasteiger charge is 2.59. The van der Waals surface area contributed by atoms with Crippen LogP contribution in [-0.2, 0) is 16.1 Å². The molecule has 0 N–H and O–H groups in total. The van der Waals surface area contributed by atoms with Crippen molar-refractivity contribution >= 4 is 5.97 Å². The zero-order valence-electron chi connectivity index (χ0n) is 15.9. The highest BCUT2D eigenvalue weighted by Crippen LogP contribution is 2.52. The first kappa shape index (κ1) is 18.2. The number of nitrogens with zero attached hydrogens (tertiary/aromatic N) is 3. The molecule has 0 amide bonds. The molecule has 1 aromatic heterocycles. The van der Waals surface area contributed by atoms with Gasteiger partial charge in [0, 0.05) is 30.4 Å². The second-order valence-corrected chi connectivity index (χ2v) is 7.63. The summed E-state index contributed by atoms with van der Waals surface area (Å²) in [4.78, 5) is 15.2. The van der Waals surface area contributed by atoms with Gasteiger partial charge in [-0.1, -0.05) is 13.0 Å². The van der Waals surface area contributed by atoms with Crippen LogP contribution in [0.4, 0.5) is 4.39 Å². The Labute approximate surface area is 159 Å². The summed E-state index contributed by atoms with van der Waals surface area (Å²) < 4.78 is 20.6. The van der Waals surface area contributed by atoms with Crippen LogP contribution in [0.5, 0.6) is 0 Å². The average molecular weight is 371 g/mol. The lowest BCUT2D eigenvalue weighted by molar-refractivity contribution is -0.157. The minimum absolute atomic E-state index is 0.0415. The van der Waals surface area contributed by atoms with E-state index in [0.717, 1.165) is 37.8 Å². The first-order chi connectivity index (χ1) is 13.1. The number of rotatable bonds is 6. The second-order valence-electron chi connectivity index (χ2n) is 7.63. The lowest BCUT2D eigenvalue weighted by Gasteiger charge is -2.34. The Morgan fingerprint density at radius 2 is 2.22 bits per heavy atom. The molecular weight excluding hydrogens is 345 g/mol. The molecule has 1 aromatic carbocycles. The fourth-order valence-electron chi connectivity index (χ4n) is 4.98. The molecule has 2 aliphatic heterocycles. The molecule has 2 aromatic rings.